The van der Waals surface area contributed by atoms with Gasteiger partial charge in [-0.05, 0) is 0 Å². The van der Waals surface area contributed by atoms with Crippen LogP contribution < -0.4 is 5.32 Å². The number of piperazine rings is 1. The lowest BCUT2D eigenvalue weighted by Gasteiger charge is -2.36. The Kier molecular flexibility index (Phi) is 5.59. The molecule has 0 saturated carbocycles. The van der Waals surface area contributed by atoms with Crippen molar-refractivity contribution in [2.45, 2.75) is 19.6 Å². The minimum Gasteiger partial charge on any atom is -0.364 e. The van der Waals surface area contributed by atoms with Crippen LogP contribution in [-0.2, 0) is 13.1 Å². The molecule has 25 heavy (non-hydrogen) atoms. The third-order valence-electron chi connectivity index (χ3n) is 4.12. The highest BCUT2D eigenvalue weighted by Gasteiger charge is 2.21. The first-order valence-corrected chi connectivity index (χ1v) is 8.04. The Bertz CT molecular complexity index is 678. The van der Waals surface area contributed by atoms with Gasteiger partial charge in [-0.25, -0.2) is 4.98 Å². The number of aliphatic imine (C=N–C) groups is 1. The number of halogens is 2. The molecular formula is C15H21F2N7O. The van der Waals surface area contributed by atoms with Crippen molar-refractivity contribution in [1.82, 2.24) is 29.8 Å². The van der Waals surface area contributed by atoms with Crippen LogP contribution in [0.3, 0.4) is 0 Å². The molecule has 2 aromatic heterocycles. The lowest BCUT2D eigenvalue weighted by atomic mass is 10.3. The molecule has 0 bridgehead atoms. The Balaban J connectivity index is 1.50. The molecule has 0 unspecified atom stereocenters. The van der Waals surface area contributed by atoms with Crippen LogP contribution in [-0.4, -0.2) is 63.7 Å². The van der Waals surface area contributed by atoms with E-state index in [1.54, 1.807) is 13.3 Å². The zero-order valence-corrected chi connectivity index (χ0v) is 14.0. The number of nitrogens with one attached hydrogen (secondary N) is 1. The predicted octanol–water partition coefficient (Wildman–Crippen LogP) is 1.16. The summed E-state index contributed by atoms with van der Waals surface area (Å²) in [7, 11) is 1.68. The predicted molar refractivity (Wildman–Crippen MR) is 87.0 cm³/mol. The van der Waals surface area contributed by atoms with E-state index >= 15 is 0 Å². The van der Waals surface area contributed by atoms with E-state index in [0.717, 1.165) is 43.0 Å². The monoisotopic (exact) mass is 353 g/mol. The largest absolute Gasteiger partial charge is 0.364 e. The fourth-order valence-corrected chi connectivity index (χ4v) is 2.81. The van der Waals surface area contributed by atoms with Crippen molar-refractivity contribution in [3.63, 3.8) is 0 Å². The zero-order chi connectivity index (χ0) is 17.6. The molecule has 1 aliphatic heterocycles. The molecule has 1 N–H and O–H groups in total. The van der Waals surface area contributed by atoms with Gasteiger partial charge >= 0.3 is 6.55 Å². The highest BCUT2D eigenvalue weighted by molar-refractivity contribution is 5.79. The second kappa shape index (κ2) is 8.06. The maximum absolute atomic E-state index is 12.9. The number of rotatable bonds is 5. The SMILES string of the molecule is CN=C(NCc1nccn1C(F)F)N1CCN(Cc2ccon2)CC1. The normalized spacial score (nSPS) is 16.6. The highest BCUT2D eigenvalue weighted by atomic mass is 19.3. The van der Waals surface area contributed by atoms with Gasteiger partial charge in [0.1, 0.15) is 12.1 Å². The molecule has 3 rings (SSSR count). The van der Waals surface area contributed by atoms with Crippen LogP contribution in [0, 0.1) is 0 Å². The topological polar surface area (TPSA) is 74.7 Å². The number of aromatic nitrogens is 3. The summed E-state index contributed by atoms with van der Waals surface area (Å²) in [5.74, 6) is 0.964. The maximum atomic E-state index is 12.9. The molecule has 136 valence electrons. The average molecular weight is 353 g/mol. The first-order chi connectivity index (χ1) is 12.2. The number of guanidine groups is 1. The van der Waals surface area contributed by atoms with Crippen LogP contribution in [0.15, 0.2) is 34.2 Å². The molecule has 0 aliphatic carbocycles. The molecule has 3 heterocycles. The minimum atomic E-state index is -2.60. The van der Waals surface area contributed by atoms with Crippen molar-refractivity contribution in [3.05, 3.63) is 36.2 Å². The number of hydrogen-bond donors (Lipinski definition) is 1. The summed E-state index contributed by atoms with van der Waals surface area (Å²) in [4.78, 5) is 12.6. The summed E-state index contributed by atoms with van der Waals surface area (Å²) in [5, 5.41) is 7.03. The summed E-state index contributed by atoms with van der Waals surface area (Å²) in [6.07, 6.45) is 4.21. The van der Waals surface area contributed by atoms with Gasteiger partial charge in [0.25, 0.3) is 0 Å². The van der Waals surface area contributed by atoms with Gasteiger partial charge in [-0.2, -0.15) is 8.78 Å². The van der Waals surface area contributed by atoms with Gasteiger partial charge in [0, 0.05) is 58.2 Å². The van der Waals surface area contributed by atoms with Crippen LogP contribution in [0.4, 0.5) is 8.78 Å². The van der Waals surface area contributed by atoms with Gasteiger partial charge < -0.3 is 14.7 Å². The summed E-state index contributed by atoms with van der Waals surface area (Å²) in [5.41, 5.74) is 0.912. The Hall–Kier alpha value is -2.49. The second-order valence-electron chi connectivity index (χ2n) is 5.68. The van der Waals surface area contributed by atoms with E-state index in [2.05, 4.69) is 30.2 Å². The van der Waals surface area contributed by atoms with Gasteiger partial charge in [0.15, 0.2) is 5.96 Å². The molecule has 1 aliphatic rings. The van der Waals surface area contributed by atoms with Crippen LogP contribution in [0.2, 0.25) is 0 Å². The Morgan fingerprint density at radius 2 is 2.16 bits per heavy atom. The molecule has 8 nitrogen and oxygen atoms in total. The molecule has 0 amide bonds. The number of imidazole rings is 1. The van der Waals surface area contributed by atoms with Crippen LogP contribution in [0.25, 0.3) is 0 Å². The molecule has 2 aromatic rings. The summed E-state index contributed by atoms with van der Waals surface area (Å²) >= 11 is 0. The van der Waals surface area contributed by atoms with Gasteiger partial charge in [0.05, 0.1) is 12.2 Å². The molecule has 0 atom stereocenters. The smallest absolute Gasteiger partial charge is 0.319 e. The minimum absolute atomic E-state index is 0.198. The molecule has 0 radical (unpaired) electrons. The zero-order valence-electron chi connectivity index (χ0n) is 14.0. The van der Waals surface area contributed by atoms with Crippen LogP contribution >= 0.6 is 0 Å². The van der Waals surface area contributed by atoms with E-state index in [1.807, 2.05) is 6.07 Å². The van der Waals surface area contributed by atoms with E-state index in [0.29, 0.717) is 5.96 Å². The third kappa shape index (κ3) is 4.32. The van der Waals surface area contributed by atoms with Crippen molar-refractivity contribution in [3.8, 4) is 0 Å². The molecule has 0 aromatic carbocycles. The van der Waals surface area contributed by atoms with Crippen LogP contribution in [0.5, 0.6) is 0 Å². The fraction of sp³-hybridized carbons (Fsp3) is 0.533. The van der Waals surface area contributed by atoms with Crippen LogP contribution in [0.1, 0.15) is 18.1 Å². The van der Waals surface area contributed by atoms with Gasteiger partial charge in [-0.15, -0.1) is 0 Å². The number of nitrogens with zero attached hydrogens (tertiary/aromatic N) is 6. The lowest BCUT2D eigenvalue weighted by molar-refractivity contribution is 0.0668. The van der Waals surface area contributed by atoms with Crippen molar-refractivity contribution in [2.75, 3.05) is 33.2 Å². The van der Waals surface area contributed by atoms with E-state index in [-0.39, 0.29) is 12.4 Å². The summed E-state index contributed by atoms with van der Waals surface area (Å²) < 4.78 is 31.4. The third-order valence-corrected chi connectivity index (χ3v) is 4.12. The molecule has 1 saturated heterocycles. The summed E-state index contributed by atoms with van der Waals surface area (Å²) in [6.45, 7) is 1.66. The van der Waals surface area contributed by atoms with E-state index < -0.39 is 6.55 Å². The second-order valence-corrected chi connectivity index (χ2v) is 5.68. The van der Waals surface area contributed by atoms with E-state index in [1.165, 1.54) is 12.4 Å². The van der Waals surface area contributed by atoms with Gasteiger partial charge in [0.2, 0.25) is 0 Å². The van der Waals surface area contributed by atoms with Gasteiger partial charge in [-0.3, -0.25) is 14.5 Å². The summed E-state index contributed by atoms with van der Waals surface area (Å²) in [6, 6.07) is 1.86. The van der Waals surface area contributed by atoms with Crippen molar-refractivity contribution in [2.24, 2.45) is 4.99 Å². The Morgan fingerprint density at radius 1 is 1.36 bits per heavy atom. The van der Waals surface area contributed by atoms with E-state index in [4.69, 9.17) is 4.52 Å². The maximum Gasteiger partial charge on any atom is 0.319 e. The molecule has 10 heteroatoms. The average Bonchev–Trinajstić information content (AvgIpc) is 3.28. The fourth-order valence-electron chi connectivity index (χ4n) is 2.81. The lowest BCUT2D eigenvalue weighted by Crippen LogP contribution is -2.52. The van der Waals surface area contributed by atoms with Crippen molar-refractivity contribution < 1.29 is 13.3 Å². The molecule has 0 spiro atoms. The molecule has 1 fully saturated rings. The number of hydrogen-bond acceptors (Lipinski definition) is 5. The Labute approximate surface area is 144 Å². The number of alkyl halides is 2. The molecular weight excluding hydrogens is 332 g/mol. The Morgan fingerprint density at radius 3 is 2.80 bits per heavy atom. The highest BCUT2D eigenvalue weighted by Crippen LogP contribution is 2.12. The van der Waals surface area contributed by atoms with Crippen molar-refractivity contribution >= 4 is 5.96 Å². The quantitative estimate of drug-likeness (QED) is 0.642. The first kappa shape index (κ1) is 17.3. The van der Waals surface area contributed by atoms with Gasteiger partial charge in [-0.1, -0.05) is 5.16 Å². The van der Waals surface area contributed by atoms with E-state index in [9.17, 15) is 8.78 Å². The first-order valence-electron chi connectivity index (χ1n) is 8.04. The van der Waals surface area contributed by atoms with Crippen molar-refractivity contribution in [1.29, 1.82) is 0 Å². The standard InChI is InChI=1S/C15H21F2N7O/c1-18-15(20-10-13-19-3-4-24(13)14(16)17)23-7-5-22(6-8-23)11-12-2-9-25-21-12/h2-4,9,14H,5-8,10-11H2,1H3,(H,18,20).